The summed E-state index contributed by atoms with van der Waals surface area (Å²) in [4.78, 5) is 1.98. The van der Waals surface area contributed by atoms with E-state index < -0.39 is 6.43 Å². The Balaban J connectivity index is 2.68. The van der Waals surface area contributed by atoms with Crippen LogP contribution in [0.2, 0.25) is 0 Å². The highest BCUT2D eigenvalue weighted by Crippen LogP contribution is 2.17. The van der Waals surface area contributed by atoms with Crippen LogP contribution in [0.5, 0.6) is 0 Å². The molecular formula is C12H19F2N3. The monoisotopic (exact) mass is 243 g/mol. The van der Waals surface area contributed by atoms with Crippen LogP contribution in [0.3, 0.4) is 0 Å². The Kier molecular flexibility index (Phi) is 5.31. The van der Waals surface area contributed by atoms with Crippen molar-refractivity contribution in [2.75, 3.05) is 32.1 Å². The summed E-state index contributed by atoms with van der Waals surface area (Å²) < 4.78 is 24.2. The van der Waals surface area contributed by atoms with Crippen LogP contribution in [0, 0.1) is 0 Å². The van der Waals surface area contributed by atoms with E-state index in [9.17, 15) is 8.78 Å². The lowest BCUT2D eigenvalue weighted by molar-refractivity contribution is 0.141. The lowest BCUT2D eigenvalue weighted by Gasteiger charge is -2.19. The molecule has 5 heteroatoms. The van der Waals surface area contributed by atoms with Gasteiger partial charge in [-0.1, -0.05) is 12.1 Å². The smallest absolute Gasteiger partial charge is 0.250 e. The van der Waals surface area contributed by atoms with Crippen LogP contribution in [0.4, 0.5) is 14.5 Å². The molecule has 3 N–H and O–H groups in total. The molecule has 1 rings (SSSR count). The molecule has 1 unspecified atom stereocenters. The largest absolute Gasteiger partial charge is 0.378 e. The first-order chi connectivity index (χ1) is 8.04. The first-order valence-corrected chi connectivity index (χ1v) is 5.53. The van der Waals surface area contributed by atoms with Gasteiger partial charge >= 0.3 is 0 Å². The number of nitrogens with zero attached hydrogens (tertiary/aromatic N) is 1. The van der Waals surface area contributed by atoms with Gasteiger partial charge in [-0.25, -0.2) is 8.78 Å². The highest BCUT2D eigenvalue weighted by molar-refractivity contribution is 5.46. The third-order valence-corrected chi connectivity index (χ3v) is 2.57. The van der Waals surface area contributed by atoms with E-state index in [1.54, 1.807) is 0 Å². The molecule has 0 bridgehead atoms. The maximum atomic E-state index is 12.1. The minimum atomic E-state index is -2.36. The molecule has 0 amide bonds. The SMILES string of the molecule is CN(C)c1ccc(C(CN)NCC(F)F)cc1. The van der Waals surface area contributed by atoms with Crippen molar-refractivity contribution in [2.24, 2.45) is 5.73 Å². The number of rotatable bonds is 6. The third kappa shape index (κ3) is 4.28. The van der Waals surface area contributed by atoms with Gasteiger partial charge in [0.2, 0.25) is 0 Å². The van der Waals surface area contributed by atoms with E-state index in [-0.39, 0.29) is 12.6 Å². The van der Waals surface area contributed by atoms with Crippen LogP contribution < -0.4 is 16.0 Å². The van der Waals surface area contributed by atoms with Crippen molar-refractivity contribution in [3.05, 3.63) is 29.8 Å². The van der Waals surface area contributed by atoms with E-state index in [0.29, 0.717) is 6.54 Å². The fraction of sp³-hybridized carbons (Fsp3) is 0.500. The van der Waals surface area contributed by atoms with Gasteiger partial charge in [0.1, 0.15) is 0 Å². The van der Waals surface area contributed by atoms with Gasteiger partial charge in [0.25, 0.3) is 6.43 Å². The van der Waals surface area contributed by atoms with Crippen molar-refractivity contribution in [1.82, 2.24) is 5.32 Å². The van der Waals surface area contributed by atoms with Gasteiger partial charge in [0.15, 0.2) is 0 Å². The topological polar surface area (TPSA) is 41.3 Å². The molecule has 0 fully saturated rings. The van der Waals surface area contributed by atoms with Crippen LogP contribution in [0.1, 0.15) is 11.6 Å². The zero-order valence-corrected chi connectivity index (χ0v) is 10.2. The molecule has 0 aliphatic heterocycles. The minimum Gasteiger partial charge on any atom is -0.378 e. The van der Waals surface area contributed by atoms with Gasteiger partial charge in [-0.3, -0.25) is 0 Å². The van der Waals surface area contributed by atoms with Crippen molar-refractivity contribution in [3.63, 3.8) is 0 Å². The maximum absolute atomic E-state index is 12.1. The molecule has 0 aromatic heterocycles. The number of anilines is 1. The summed E-state index contributed by atoms with van der Waals surface area (Å²) in [5.74, 6) is 0. The van der Waals surface area contributed by atoms with Gasteiger partial charge in [-0.15, -0.1) is 0 Å². The minimum absolute atomic E-state index is 0.222. The van der Waals surface area contributed by atoms with E-state index >= 15 is 0 Å². The number of benzene rings is 1. The van der Waals surface area contributed by atoms with Crippen molar-refractivity contribution < 1.29 is 8.78 Å². The first kappa shape index (κ1) is 13.9. The molecule has 0 spiro atoms. The summed E-state index contributed by atoms with van der Waals surface area (Å²) in [5.41, 5.74) is 7.57. The van der Waals surface area contributed by atoms with E-state index in [1.165, 1.54) is 0 Å². The highest BCUT2D eigenvalue weighted by Gasteiger charge is 2.11. The van der Waals surface area contributed by atoms with E-state index in [2.05, 4.69) is 5.32 Å². The molecule has 17 heavy (non-hydrogen) atoms. The standard InChI is InChI=1S/C12H19F2N3/c1-17(2)10-5-3-9(4-6-10)11(7-15)16-8-12(13)14/h3-6,11-12,16H,7-8,15H2,1-2H3. The Morgan fingerprint density at radius 1 is 1.24 bits per heavy atom. The van der Waals surface area contributed by atoms with Gasteiger partial charge in [-0.2, -0.15) is 0 Å². The van der Waals surface area contributed by atoms with Gasteiger partial charge in [-0.05, 0) is 17.7 Å². The predicted molar refractivity (Wildman–Crippen MR) is 66.6 cm³/mol. The summed E-state index contributed by atoms with van der Waals surface area (Å²) >= 11 is 0. The highest BCUT2D eigenvalue weighted by atomic mass is 19.3. The normalized spacial score (nSPS) is 12.8. The Morgan fingerprint density at radius 3 is 2.24 bits per heavy atom. The molecule has 0 saturated carbocycles. The Labute approximate surface area is 101 Å². The maximum Gasteiger partial charge on any atom is 0.250 e. The number of hydrogen-bond acceptors (Lipinski definition) is 3. The molecule has 1 aromatic rings. The summed E-state index contributed by atoms with van der Waals surface area (Å²) in [6.45, 7) is -0.0364. The number of nitrogens with one attached hydrogen (secondary N) is 1. The first-order valence-electron chi connectivity index (χ1n) is 5.53. The number of nitrogens with two attached hydrogens (primary N) is 1. The zero-order chi connectivity index (χ0) is 12.8. The summed E-state index contributed by atoms with van der Waals surface area (Å²) in [7, 11) is 3.90. The second-order valence-electron chi connectivity index (χ2n) is 4.07. The van der Waals surface area contributed by atoms with E-state index in [4.69, 9.17) is 5.73 Å². The molecule has 96 valence electrons. The summed E-state index contributed by atoms with van der Waals surface area (Å²) in [6.07, 6.45) is -2.36. The second-order valence-corrected chi connectivity index (χ2v) is 4.07. The molecule has 1 aromatic carbocycles. The van der Waals surface area contributed by atoms with Crippen LogP contribution in [-0.4, -0.2) is 33.6 Å². The number of hydrogen-bond donors (Lipinski definition) is 2. The van der Waals surface area contributed by atoms with Crippen LogP contribution in [-0.2, 0) is 0 Å². The lowest BCUT2D eigenvalue weighted by Crippen LogP contribution is -2.31. The van der Waals surface area contributed by atoms with Crippen LogP contribution in [0.15, 0.2) is 24.3 Å². The van der Waals surface area contributed by atoms with E-state index in [0.717, 1.165) is 11.3 Å². The molecule has 0 aliphatic rings. The quantitative estimate of drug-likeness (QED) is 0.797. The average molecular weight is 243 g/mol. The van der Waals surface area contributed by atoms with Gasteiger partial charge < -0.3 is 16.0 Å². The predicted octanol–water partition coefficient (Wildman–Crippen LogP) is 1.61. The van der Waals surface area contributed by atoms with Gasteiger partial charge in [0.05, 0.1) is 6.54 Å². The molecule has 3 nitrogen and oxygen atoms in total. The molecule has 0 heterocycles. The Morgan fingerprint density at radius 2 is 1.82 bits per heavy atom. The van der Waals surface area contributed by atoms with Crippen molar-refractivity contribution in [1.29, 1.82) is 0 Å². The van der Waals surface area contributed by atoms with Crippen molar-refractivity contribution in [3.8, 4) is 0 Å². The molecule has 0 aliphatic carbocycles. The van der Waals surface area contributed by atoms with Crippen LogP contribution in [0.25, 0.3) is 0 Å². The number of halogens is 2. The third-order valence-electron chi connectivity index (χ3n) is 2.57. The van der Waals surface area contributed by atoms with Gasteiger partial charge in [0, 0.05) is 32.4 Å². The second kappa shape index (κ2) is 6.51. The lowest BCUT2D eigenvalue weighted by atomic mass is 10.1. The summed E-state index contributed by atoms with van der Waals surface area (Å²) in [6, 6.07) is 7.49. The van der Waals surface area contributed by atoms with Crippen LogP contribution >= 0.6 is 0 Å². The molecular weight excluding hydrogens is 224 g/mol. The van der Waals surface area contributed by atoms with Crippen molar-refractivity contribution >= 4 is 5.69 Å². The zero-order valence-electron chi connectivity index (χ0n) is 10.2. The summed E-state index contributed by atoms with van der Waals surface area (Å²) in [5, 5.41) is 2.75. The average Bonchev–Trinajstić information content (AvgIpc) is 2.30. The Bertz CT molecular complexity index is 325. The Hall–Kier alpha value is -1.20. The number of alkyl halides is 2. The molecule has 0 radical (unpaired) electrons. The fourth-order valence-corrected chi connectivity index (χ4v) is 1.57. The molecule has 0 saturated heterocycles. The van der Waals surface area contributed by atoms with Crippen molar-refractivity contribution in [2.45, 2.75) is 12.5 Å². The fourth-order valence-electron chi connectivity index (χ4n) is 1.57. The van der Waals surface area contributed by atoms with E-state index in [1.807, 2.05) is 43.3 Å². The molecule has 1 atom stereocenters.